The van der Waals surface area contributed by atoms with Crippen molar-refractivity contribution >= 4 is 15.9 Å². The van der Waals surface area contributed by atoms with Gasteiger partial charge in [0.05, 0.1) is 0 Å². The van der Waals surface area contributed by atoms with Crippen molar-refractivity contribution in [2.75, 3.05) is 19.6 Å². The van der Waals surface area contributed by atoms with Crippen molar-refractivity contribution in [1.29, 1.82) is 0 Å². The lowest BCUT2D eigenvalue weighted by Gasteiger charge is -2.30. The minimum atomic E-state index is 0.336. The van der Waals surface area contributed by atoms with Crippen molar-refractivity contribution in [3.8, 4) is 0 Å². The molecule has 2 N–H and O–H groups in total. The largest absolute Gasteiger partial charge is 0.329 e. The summed E-state index contributed by atoms with van der Waals surface area (Å²) in [6, 6.07) is 8.77. The fraction of sp³-hybridized carbons (Fsp3) is 0.538. The number of hydrogen-bond donors (Lipinski definition) is 1. The lowest BCUT2D eigenvalue weighted by atomic mass is 10.1. The highest BCUT2D eigenvalue weighted by Gasteiger charge is 2.16. The Morgan fingerprint density at radius 1 is 1.38 bits per heavy atom. The Kier molecular flexibility index (Phi) is 6.03. The van der Waals surface area contributed by atoms with E-state index in [2.05, 4.69) is 52.9 Å². The number of benzene rings is 1. The molecular weight excluding hydrogens is 264 g/mol. The molecule has 0 saturated carbocycles. The summed E-state index contributed by atoms with van der Waals surface area (Å²) >= 11 is 3.51. The molecule has 0 aliphatic carbocycles. The van der Waals surface area contributed by atoms with Gasteiger partial charge in [-0.1, -0.05) is 41.9 Å². The van der Waals surface area contributed by atoms with Gasteiger partial charge >= 0.3 is 0 Å². The predicted octanol–water partition coefficient (Wildman–Crippen LogP) is 3.18. The molecule has 0 aromatic heterocycles. The molecule has 0 fully saturated rings. The third-order valence-electron chi connectivity index (χ3n) is 2.81. The monoisotopic (exact) mass is 284 g/mol. The van der Waals surface area contributed by atoms with Crippen LogP contribution in [-0.2, 0) is 0 Å². The van der Waals surface area contributed by atoms with Crippen LogP contribution in [0.2, 0.25) is 0 Å². The van der Waals surface area contributed by atoms with Gasteiger partial charge in [-0.2, -0.15) is 0 Å². The smallest absolute Gasteiger partial charge is 0.0470 e. The summed E-state index contributed by atoms with van der Waals surface area (Å²) in [6.07, 6.45) is 1.17. The van der Waals surface area contributed by atoms with Gasteiger partial charge in [0.1, 0.15) is 0 Å². The number of likely N-dealkylation sites (N-methyl/N-ethyl adjacent to an activating group) is 1. The van der Waals surface area contributed by atoms with Crippen LogP contribution in [0.1, 0.15) is 31.9 Å². The van der Waals surface area contributed by atoms with Crippen LogP contribution in [-0.4, -0.2) is 24.5 Å². The summed E-state index contributed by atoms with van der Waals surface area (Å²) in [6.45, 7) is 7.21. The van der Waals surface area contributed by atoms with E-state index in [1.807, 2.05) is 6.07 Å². The molecule has 0 aliphatic rings. The van der Waals surface area contributed by atoms with Crippen LogP contribution in [0.25, 0.3) is 0 Å². The molecule has 1 rings (SSSR count). The van der Waals surface area contributed by atoms with Crippen LogP contribution >= 0.6 is 15.9 Å². The molecule has 0 spiro atoms. The van der Waals surface area contributed by atoms with E-state index in [1.54, 1.807) is 0 Å². The minimum Gasteiger partial charge on any atom is -0.329 e. The van der Waals surface area contributed by atoms with Crippen molar-refractivity contribution in [2.24, 2.45) is 5.73 Å². The maximum absolute atomic E-state index is 5.90. The SMILES string of the molecule is CCCN(CC)C(CN)c1cccc(Br)c1. The average molecular weight is 285 g/mol. The molecule has 0 bridgehead atoms. The van der Waals surface area contributed by atoms with E-state index < -0.39 is 0 Å². The van der Waals surface area contributed by atoms with Crippen molar-refractivity contribution < 1.29 is 0 Å². The Morgan fingerprint density at radius 2 is 2.12 bits per heavy atom. The zero-order chi connectivity index (χ0) is 12.0. The Morgan fingerprint density at radius 3 is 2.62 bits per heavy atom. The zero-order valence-electron chi connectivity index (χ0n) is 10.1. The summed E-state index contributed by atoms with van der Waals surface area (Å²) < 4.78 is 1.12. The lowest BCUT2D eigenvalue weighted by molar-refractivity contribution is 0.213. The molecule has 90 valence electrons. The third kappa shape index (κ3) is 3.58. The molecular formula is C13H21BrN2. The van der Waals surface area contributed by atoms with Gasteiger partial charge in [0.15, 0.2) is 0 Å². The highest BCUT2D eigenvalue weighted by Crippen LogP contribution is 2.22. The lowest BCUT2D eigenvalue weighted by Crippen LogP contribution is -2.34. The average Bonchev–Trinajstić information content (AvgIpc) is 2.29. The molecule has 1 unspecified atom stereocenters. The van der Waals surface area contributed by atoms with Gasteiger partial charge in [-0.15, -0.1) is 0 Å². The van der Waals surface area contributed by atoms with Gasteiger partial charge in [-0.05, 0) is 37.2 Å². The Hall–Kier alpha value is -0.380. The molecule has 0 saturated heterocycles. The second-order valence-electron chi connectivity index (χ2n) is 3.94. The van der Waals surface area contributed by atoms with E-state index in [4.69, 9.17) is 5.73 Å². The Balaban J connectivity index is 2.87. The first-order valence-electron chi connectivity index (χ1n) is 5.92. The summed E-state index contributed by atoms with van der Waals surface area (Å²) in [5.74, 6) is 0. The molecule has 1 aromatic rings. The zero-order valence-corrected chi connectivity index (χ0v) is 11.7. The highest BCUT2D eigenvalue weighted by atomic mass is 79.9. The molecule has 1 atom stereocenters. The molecule has 0 radical (unpaired) electrons. The molecule has 16 heavy (non-hydrogen) atoms. The van der Waals surface area contributed by atoms with Crippen molar-refractivity contribution in [3.05, 3.63) is 34.3 Å². The van der Waals surface area contributed by atoms with Gasteiger partial charge in [0.25, 0.3) is 0 Å². The fourth-order valence-electron chi connectivity index (χ4n) is 2.03. The van der Waals surface area contributed by atoms with Crippen molar-refractivity contribution in [3.63, 3.8) is 0 Å². The summed E-state index contributed by atoms with van der Waals surface area (Å²) in [5.41, 5.74) is 7.20. The Labute approximate surface area is 107 Å². The molecule has 1 aromatic carbocycles. The summed E-state index contributed by atoms with van der Waals surface area (Å²) in [4.78, 5) is 2.43. The predicted molar refractivity (Wildman–Crippen MR) is 73.5 cm³/mol. The topological polar surface area (TPSA) is 29.3 Å². The molecule has 3 heteroatoms. The first kappa shape index (κ1) is 13.7. The van der Waals surface area contributed by atoms with Gasteiger partial charge in [-0.25, -0.2) is 0 Å². The minimum absolute atomic E-state index is 0.336. The van der Waals surface area contributed by atoms with Crippen LogP contribution < -0.4 is 5.73 Å². The maximum atomic E-state index is 5.90. The van der Waals surface area contributed by atoms with Gasteiger partial charge in [-0.3, -0.25) is 4.90 Å². The van der Waals surface area contributed by atoms with Crippen molar-refractivity contribution in [2.45, 2.75) is 26.3 Å². The van der Waals surface area contributed by atoms with Crippen LogP contribution in [0.4, 0.5) is 0 Å². The Bertz CT molecular complexity index is 315. The van der Waals surface area contributed by atoms with Crippen LogP contribution in [0, 0.1) is 0 Å². The standard InChI is InChI=1S/C13H21BrN2/c1-3-8-16(4-2)13(10-15)11-6-5-7-12(14)9-11/h5-7,9,13H,3-4,8,10,15H2,1-2H3. The molecule has 0 amide bonds. The highest BCUT2D eigenvalue weighted by molar-refractivity contribution is 9.10. The second kappa shape index (κ2) is 7.05. The van der Waals surface area contributed by atoms with Gasteiger partial charge in [0, 0.05) is 17.1 Å². The first-order chi connectivity index (χ1) is 7.72. The number of halogens is 1. The van der Waals surface area contributed by atoms with Gasteiger partial charge in [0.2, 0.25) is 0 Å². The van der Waals surface area contributed by atoms with E-state index >= 15 is 0 Å². The fourth-order valence-corrected chi connectivity index (χ4v) is 2.45. The molecule has 2 nitrogen and oxygen atoms in total. The first-order valence-corrected chi connectivity index (χ1v) is 6.71. The number of rotatable bonds is 6. The van der Waals surface area contributed by atoms with E-state index in [0.717, 1.165) is 17.6 Å². The quantitative estimate of drug-likeness (QED) is 0.869. The van der Waals surface area contributed by atoms with Crippen LogP contribution in [0.3, 0.4) is 0 Å². The van der Waals surface area contributed by atoms with Crippen LogP contribution in [0.15, 0.2) is 28.7 Å². The summed E-state index contributed by atoms with van der Waals surface area (Å²) in [5, 5.41) is 0. The number of nitrogens with two attached hydrogens (primary N) is 1. The molecule has 0 heterocycles. The number of hydrogen-bond acceptors (Lipinski definition) is 2. The third-order valence-corrected chi connectivity index (χ3v) is 3.31. The normalized spacial score (nSPS) is 13.1. The molecule has 0 aliphatic heterocycles. The summed E-state index contributed by atoms with van der Waals surface area (Å²) in [7, 11) is 0. The maximum Gasteiger partial charge on any atom is 0.0470 e. The van der Waals surface area contributed by atoms with E-state index in [0.29, 0.717) is 12.6 Å². The van der Waals surface area contributed by atoms with Crippen LogP contribution in [0.5, 0.6) is 0 Å². The number of nitrogens with zero attached hydrogens (tertiary/aromatic N) is 1. The second-order valence-corrected chi connectivity index (χ2v) is 4.85. The van der Waals surface area contributed by atoms with E-state index in [1.165, 1.54) is 12.0 Å². The van der Waals surface area contributed by atoms with E-state index in [9.17, 15) is 0 Å². The van der Waals surface area contributed by atoms with Crippen molar-refractivity contribution in [1.82, 2.24) is 4.90 Å². The van der Waals surface area contributed by atoms with E-state index in [-0.39, 0.29) is 0 Å². The van der Waals surface area contributed by atoms with Gasteiger partial charge < -0.3 is 5.73 Å².